The minimum Gasteiger partial charge on any atom is -0.370 e. The Morgan fingerprint density at radius 2 is 1.90 bits per heavy atom. The molecule has 2 aliphatic rings. The van der Waals surface area contributed by atoms with Gasteiger partial charge in [-0.2, -0.15) is 0 Å². The second-order valence-corrected chi connectivity index (χ2v) is 7.72. The van der Waals surface area contributed by atoms with E-state index in [1.807, 2.05) is 0 Å². The average Bonchev–Trinajstić information content (AvgIpc) is 3.16. The molecule has 1 aliphatic carbocycles. The van der Waals surface area contributed by atoms with Gasteiger partial charge in [-0.3, -0.25) is 4.90 Å². The lowest BCUT2D eigenvalue weighted by Crippen LogP contribution is -2.55. The van der Waals surface area contributed by atoms with Gasteiger partial charge in [0.1, 0.15) is 0 Å². The molecule has 3 nitrogen and oxygen atoms in total. The normalized spacial score (nSPS) is 27.8. The van der Waals surface area contributed by atoms with Crippen molar-refractivity contribution in [2.75, 3.05) is 26.2 Å². The molecule has 0 aromatic carbocycles. The van der Waals surface area contributed by atoms with E-state index in [1.165, 1.54) is 38.8 Å². The lowest BCUT2D eigenvalue weighted by Gasteiger charge is -2.46. The first kappa shape index (κ1) is 16.3. The smallest absolute Gasteiger partial charge is 0.0757 e. The van der Waals surface area contributed by atoms with Gasteiger partial charge < -0.3 is 10.1 Å². The van der Waals surface area contributed by atoms with E-state index in [4.69, 9.17) is 4.74 Å². The monoisotopic (exact) mass is 282 g/mol. The Labute approximate surface area is 125 Å². The number of nitrogens with zero attached hydrogens (tertiary/aromatic N) is 1. The van der Waals surface area contributed by atoms with Crippen LogP contribution in [-0.4, -0.2) is 48.8 Å². The zero-order valence-corrected chi connectivity index (χ0v) is 14.2. The van der Waals surface area contributed by atoms with Crippen molar-refractivity contribution in [3.8, 4) is 0 Å². The topological polar surface area (TPSA) is 24.5 Å². The summed E-state index contributed by atoms with van der Waals surface area (Å²) in [6.45, 7) is 15.9. The molecule has 2 rings (SSSR count). The van der Waals surface area contributed by atoms with Gasteiger partial charge in [-0.15, -0.1) is 0 Å². The number of rotatable bonds is 7. The molecule has 1 heterocycles. The number of hydrogen-bond acceptors (Lipinski definition) is 3. The minimum absolute atomic E-state index is 0.00515. The Bertz CT molecular complexity index is 308. The van der Waals surface area contributed by atoms with Crippen LogP contribution in [0.1, 0.15) is 60.3 Å². The summed E-state index contributed by atoms with van der Waals surface area (Å²) >= 11 is 0. The molecule has 1 saturated carbocycles. The van der Waals surface area contributed by atoms with Crippen LogP contribution in [0.5, 0.6) is 0 Å². The number of ether oxygens (including phenoxy) is 1. The van der Waals surface area contributed by atoms with Crippen LogP contribution in [-0.2, 0) is 4.74 Å². The molecular weight excluding hydrogens is 248 g/mol. The third kappa shape index (κ3) is 4.44. The molecule has 2 fully saturated rings. The molecule has 118 valence electrons. The Morgan fingerprint density at radius 1 is 1.25 bits per heavy atom. The van der Waals surface area contributed by atoms with E-state index in [-0.39, 0.29) is 5.60 Å². The van der Waals surface area contributed by atoms with Crippen molar-refractivity contribution in [2.24, 2.45) is 5.41 Å². The third-order valence-corrected chi connectivity index (χ3v) is 5.04. The van der Waals surface area contributed by atoms with Crippen LogP contribution < -0.4 is 5.32 Å². The van der Waals surface area contributed by atoms with Crippen LogP contribution >= 0.6 is 0 Å². The largest absolute Gasteiger partial charge is 0.370 e. The number of morpholine rings is 1. The molecule has 0 radical (unpaired) electrons. The maximum atomic E-state index is 6.04. The van der Waals surface area contributed by atoms with Crippen LogP contribution in [0.2, 0.25) is 0 Å². The summed E-state index contributed by atoms with van der Waals surface area (Å²) in [5.74, 6) is 0. The van der Waals surface area contributed by atoms with Gasteiger partial charge in [0, 0.05) is 32.2 Å². The van der Waals surface area contributed by atoms with Crippen molar-refractivity contribution in [2.45, 2.75) is 78.0 Å². The summed E-state index contributed by atoms with van der Waals surface area (Å²) in [5, 5.41) is 3.76. The van der Waals surface area contributed by atoms with Gasteiger partial charge in [-0.25, -0.2) is 0 Å². The fourth-order valence-electron chi connectivity index (χ4n) is 3.61. The molecule has 1 aliphatic heterocycles. The van der Waals surface area contributed by atoms with E-state index in [0.29, 0.717) is 11.5 Å². The van der Waals surface area contributed by atoms with Crippen molar-refractivity contribution in [1.82, 2.24) is 10.2 Å². The maximum absolute atomic E-state index is 6.04. The standard InChI is InChI=1S/C17H34N2O/c1-6-17(7-2,11-18-15-8-9-15)13-19-10-14(3)20-16(4,5)12-19/h14-15,18H,6-13H2,1-5H3. The predicted molar refractivity (Wildman–Crippen MR) is 85.1 cm³/mol. The summed E-state index contributed by atoms with van der Waals surface area (Å²) in [6, 6.07) is 0.813. The van der Waals surface area contributed by atoms with Gasteiger partial charge in [0.2, 0.25) is 0 Å². The fourth-order valence-corrected chi connectivity index (χ4v) is 3.61. The molecule has 0 aromatic heterocycles. The van der Waals surface area contributed by atoms with Gasteiger partial charge in [0.05, 0.1) is 11.7 Å². The SMILES string of the molecule is CCC(CC)(CNC1CC1)CN1CC(C)OC(C)(C)C1. The van der Waals surface area contributed by atoms with E-state index in [0.717, 1.165) is 19.1 Å². The summed E-state index contributed by atoms with van der Waals surface area (Å²) in [5.41, 5.74) is 0.421. The van der Waals surface area contributed by atoms with E-state index in [9.17, 15) is 0 Å². The molecule has 0 bridgehead atoms. The quantitative estimate of drug-likeness (QED) is 0.777. The van der Waals surface area contributed by atoms with Crippen molar-refractivity contribution in [1.29, 1.82) is 0 Å². The van der Waals surface area contributed by atoms with E-state index >= 15 is 0 Å². The zero-order chi connectivity index (χ0) is 14.8. The van der Waals surface area contributed by atoms with Crippen LogP contribution in [0.3, 0.4) is 0 Å². The first-order valence-electron chi connectivity index (χ1n) is 8.51. The van der Waals surface area contributed by atoms with E-state index in [2.05, 4.69) is 44.8 Å². The van der Waals surface area contributed by atoms with Crippen LogP contribution in [0, 0.1) is 5.41 Å². The van der Waals surface area contributed by atoms with Gasteiger partial charge in [0.25, 0.3) is 0 Å². The zero-order valence-electron chi connectivity index (χ0n) is 14.2. The Hall–Kier alpha value is -0.120. The summed E-state index contributed by atoms with van der Waals surface area (Å²) < 4.78 is 6.04. The van der Waals surface area contributed by atoms with Crippen LogP contribution in [0.25, 0.3) is 0 Å². The molecule has 3 heteroatoms. The summed E-state index contributed by atoms with van der Waals surface area (Å²) in [4.78, 5) is 2.63. The second-order valence-electron chi connectivity index (χ2n) is 7.72. The molecule has 1 N–H and O–H groups in total. The average molecular weight is 282 g/mol. The molecule has 0 aromatic rings. The highest BCUT2D eigenvalue weighted by molar-refractivity contribution is 4.91. The van der Waals surface area contributed by atoms with Crippen molar-refractivity contribution >= 4 is 0 Å². The molecule has 0 amide bonds. The fraction of sp³-hybridized carbons (Fsp3) is 1.00. The Balaban J connectivity index is 1.94. The van der Waals surface area contributed by atoms with Gasteiger partial charge in [-0.05, 0) is 51.9 Å². The summed E-state index contributed by atoms with van der Waals surface area (Å²) in [6.07, 6.45) is 5.63. The Kier molecular flexibility index (Phi) is 5.14. The summed E-state index contributed by atoms with van der Waals surface area (Å²) in [7, 11) is 0. The van der Waals surface area contributed by atoms with Gasteiger partial charge >= 0.3 is 0 Å². The number of nitrogens with one attached hydrogen (secondary N) is 1. The van der Waals surface area contributed by atoms with Gasteiger partial charge in [-0.1, -0.05) is 13.8 Å². The lowest BCUT2D eigenvalue weighted by molar-refractivity contribution is -0.135. The van der Waals surface area contributed by atoms with Crippen LogP contribution in [0.15, 0.2) is 0 Å². The highest BCUT2D eigenvalue weighted by Crippen LogP contribution is 2.31. The molecule has 0 spiro atoms. The maximum Gasteiger partial charge on any atom is 0.0757 e. The first-order chi connectivity index (χ1) is 9.38. The number of hydrogen-bond donors (Lipinski definition) is 1. The highest BCUT2D eigenvalue weighted by atomic mass is 16.5. The van der Waals surface area contributed by atoms with Crippen molar-refractivity contribution in [3.05, 3.63) is 0 Å². The molecule has 1 unspecified atom stereocenters. The molecule has 1 atom stereocenters. The third-order valence-electron chi connectivity index (χ3n) is 5.04. The van der Waals surface area contributed by atoms with E-state index < -0.39 is 0 Å². The van der Waals surface area contributed by atoms with Gasteiger partial charge in [0.15, 0.2) is 0 Å². The lowest BCUT2D eigenvalue weighted by atomic mass is 9.81. The highest BCUT2D eigenvalue weighted by Gasteiger charge is 2.36. The molecule has 1 saturated heterocycles. The minimum atomic E-state index is -0.00515. The predicted octanol–water partition coefficient (Wildman–Crippen LogP) is 3.04. The van der Waals surface area contributed by atoms with E-state index in [1.54, 1.807) is 0 Å². The molecule has 20 heavy (non-hydrogen) atoms. The first-order valence-corrected chi connectivity index (χ1v) is 8.51. The van der Waals surface area contributed by atoms with Crippen LogP contribution in [0.4, 0.5) is 0 Å². The Morgan fingerprint density at radius 3 is 2.40 bits per heavy atom. The van der Waals surface area contributed by atoms with Crippen molar-refractivity contribution < 1.29 is 4.74 Å². The molecular formula is C17H34N2O. The van der Waals surface area contributed by atoms with Crippen molar-refractivity contribution in [3.63, 3.8) is 0 Å². The second kappa shape index (κ2) is 6.33.